The minimum absolute atomic E-state index is 0.125. The summed E-state index contributed by atoms with van der Waals surface area (Å²) in [7, 11) is -4.38. The van der Waals surface area contributed by atoms with Crippen LogP contribution in [0.5, 0.6) is 0 Å². The first-order chi connectivity index (χ1) is 7.95. The summed E-state index contributed by atoms with van der Waals surface area (Å²) in [4.78, 5) is 2.91. The second kappa shape index (κ2) is 3.81. The lowest BCUT2D eigenvalue weighted by Crippen LogP contribution is -2.22. The molecule has 0 bridgehead atoms. The summed E-state index contributed by atoms with van der Waals surface area (Å²) in [5.74, 6) is -0.492. The molecule has 1 atom stereocenters. The van der Waals surface area contributed by atoms with Crippen LogP contribution in [0.1, 0.15) is 16.4 Å². The van der Waals surface area contributed by atoms with Crippen molar-refractivity contribution in [3.05, 3.63) is 52.8 Å². The average molecular weight is 252 g/mol. The SMILES string of the molecule is [N-]=[N+]=C1C(O)=CC(S(=O)(=O)O)c2ccccc21. The number of benzene rings is 1. The maximum Gasteiger partial charge on any atom is 0.363 e. The highest BCUT2D eigenvalue weighted by Gasteiger charge is 2.36. The van der Waals surface area contributed by atoms with E-state index in [4.69, 9.17) is 10.1 Å². The van der Waals surface area contributed by atoms with Gasteiger partial charge in [-0.15, -0.1) is 0 Å². The Kier molecular flexibility index (Phi) is 2.59. The molecule has 1 aliphatic rings. The Morgan fingerprint density at radius 1 is 1.29 bits per heavy atom. The van der Waals surface area contributed by atoms with Gasteiger partial charge in [0.25, 0.3) is 10.1 Å². The van der Waals surface area contributed by atoms with Gasteiger partial charge >= 0.3 is 5.71 Å². The second-order valence-electron chi connectivity index (χ2n) is 3.52. The highest BCUT2D eigenvalue weighted by Crippen LogP contribution is 2.32. The molecule has 0 aromatic heterocycles. The van der Waals surface area contributed by atoms with Crippen LogP contribution in [0.25, 0.3) is 5.53 Å². The first-order valence-corrected chi connectivity index (χ1v) is 6.14. The molecule has 0 aliphatic heterocycles. The lowest BCUT2D eigenvalue weighted by molar-refractivity contribution is -0.00667. The van der Waals surface area contributed by atoms with E-state index in [1.54, 1.807) is 12.1 Å². The number of fused-ring (bicyclic) bond motifs is 1. The molecule has 1 aromatic rings. The zero-order valence-corrected chi connectivity index (χ0v) is 9.29. The van der Waals surface area contributed by atoms with Crippen molar-refractivity contribution in [2.75, 3.05) is 0 Å². The van der Waals surface area contributed by atoms with Crippen molar-refractivity contribution >= 4 is 15.8 Å². The Bertz CT molecular complexity index is 657. The maximum absolute atomic E-state index is 11.2. The number of rotatable bonds is 1. The summed E-state index contributed by atoms with van der Waals surface area (Å²) in [5.41, 5.74) is 9.16. The minimum atomic E-state index is -4.38. The predicted molar refractivity (Wildman–Crippen MR) is 59.2 cm³/mol. The number of allylic oxidation sites excluding steroid dienone is 1. The van der Waals surface area contributed by atoms with E-state index in [2.05, 4.69) is 4.79 Å². The molecular formula is C10H8N2O4S. The maximum atomic E-state index is 11.2. The molecule has 0 saturated carbocycles. The molecule has 0 saturated heterocycles. The standard InChI is InChI=1S/C10H8N2O4S/c11-12-10-7-4-2-1-3-6(7)9(5-8(10)13)17(14,15)16/h1-5,9,13H,(H,14,15,16). The van der Waals surface area contributed by atoms with Crippen molar-refractivity contribution in [3.63, 3.8) is 0 Å². The van der Waals surface area contributed by atoms with E-state index in [-0.39, 0.29) is 16.8 Å². The topological polar surface area (TPSA) is 111 Å². The van der Waals surface area contributed by atoms with E-state index in [0.717, 1.165) is 6.08 Å². The molecule has 17 heavy (non-hydrogen) atoms. The normalized spacial score (nSPS) is 19.2. The van der Waals surface area contributed by atoms with Gasteiger partial charge in [0.2, 0.25) is 5.76 Å². The summed E-state index contributed by atoms with van der Waals surface area (Å²) in [6, 6.07) is 6.15. The van der Waals surface area contributed by atoms with Crippen molar-refractivity contribution in [2.24, 2.45) is 0 Å². The lowest BCUT2D eigenvalue weighted by Gasteiger charge is -2.16. The molecule has 6 nitrogen and oxygen atoms in total. The van der Waals surface area contributed by atoms with E-state index in [1.165, 1.54) is 12.1 Å². The average Bonchev–Trinajstić information content (AvgIpc) is 2.27. The van der Waals surface area contributed by atoms with Crippen molar-refractivity contribution in [3.8, 4) is 0 Å². The van der Waals surface area contributed by atoms with Crippen LogP contribution in [0, 0.1) is 0 Å². The van der Waals surface area contributed by atoms with E-state index in [9.17, 15) is 13.5 Å². The van der Waals surface area contributed by atoms with Gasteiger partial charge in [-0.3, -0.25) is 4.55 Å². The van der Waals surface area contributed by atoms with Crippen LogP contribution in [-0.4, -0.2) is 28.6 Å². The van der Waals surface area contributed by atoms with Crippen LogP contribution in [0.4, 0.5) is 0 Å². The summed E-state index contributed by atoms with van der Waals surface area (Å²) < 4.78 is 31.5. The van der Waals surface area contributed by atoms with Gasteiger partial charge < -0.3 is 10.6 Å². The fraction of sp³-hybridized carbons (Fsp3) is 0.100. The van der Waals surface area contributed by atoms with Gasteiger partial charge in [-0.2, -0.15) is 13.2 Å². The zero-order chi connectivity index (χ0) is 12.6. The minimum Gasteiger partial charge on any atom is -0.502 e. The highest BCUT2D eigenvalue weighted by molar-refractivity contribution is 7.86. The van der Waals surface area contributed by atoms with Crippen molar-refractivity contribution < 1.29 is 22.9 Å². The Balaban J connectivity index is 2.78. The quantitative estimate of drug-likeness (QED) is 0.442. The van der Waals surface area contributed by atoms with Crippen molar-refractivity contribution in [1.29, 1.82) is 0 Å². The molecule has 2 rings (SSSR count). The van der Waals surface area contributed by atoms with Crippen LogP contribution >= 0.6 is 0 Å². The van der Waals surface area contributed by atoms with Gasteiger partial charge in [0.15, 0.2) is 0 Å². The van der Waals surface area contributed by atoms with E-state index >= 15 is 0 Å². The van der Waals surface area contributed by atoms with E-state index < -0.39 is 21.1 Å². The number of aliphatic hydroxyl groups excluding tert-OH is 1. The third kappa shape index (κ3) is 1.87. The second-order valence-corrected chi connectivity index (χ2v) is 5.06. The molecule has 0 heterocycles. The lowest BCUT2D eigenvalue weighted by atomic mass is 9.94. The molecule has 0 fully saturated rings. The Morgan fingerprint density at radius 2 is 1.94 bits per heavy atom. The van der Waals surface area contributed by atoms with Crippen molar-refractivity contribution in [2.45, 2.75) is 5.25 Å². The van der Waals surface area contributed by atoms with Crippen LogP contribution in [0.2, 0.25) is 0 Å². The summed E-state index contributed by atoms with van der Waals surface area (Å²) in [5, 5.41) is 8.19. The third-order valence-electron chi connectivity index (χ3n) is 2.50. The van der Waals surface area contributed by atoms with Crippen LogP contribution < -0.4 is 0 Å². The smallest absolute Gasteiger partial charge is 0.363 e. The third-order valence-corrected chi connectivity index (χ3v) is 3.53. The molecule has 88 valence electrons. The van der Waals surface area contributed by atoms with Crippen LogP contribution in [-0.2, 0) is 10.1 Å². The Morgan fingerprint density at radius 3 is 2.53 bits per heavy atom. The van der Waals surface area contributed by atoms with Crippen molar-refractivity contribution in [1.82, 2.24) is 0 Å². The van der Waals surface area contributed by atoms with Crippen LogP contribution in [0.15, 0.2) is 36.1 Å². The van der Waals surface area contributed by atoms with E-state index in [0.29, 0.717) is 0 Å². The molecule has 2 N–H and O–H groups in total. The van der Waals surface area contributed by atoms with Gasteiger partial charge in [0, 0.05) is 0 Å². The molecule has 1 unspecified atom stereocenters. The first-order valence-electron chi connectivity index (χ1n) is 4.64. The monoisotopic (exact) mass is 252 g/mol. The molecule has 7 heteroatoms. The number of hydrogen-bond acceptors (Lipinski definition) is 3. The number of aliphatic hydroxyl groups is 1. The first kappa shape index (κ1) is 11.5. The summed E-state index contributed by atoms with van der Waals surface area (Å²) in [6.45, 7) is 0. The molecule has 0 radical (unpaired) electrons. The molecule has 0 spiro atoms. The molecular weight excluding hydrogens is 244 g/mol. The van der Waals surface area contributed by atoms with Gasteiger partial charge in [-0.1, -0.05) is 18.2 Å². The number of hydrogen-bond donors (Lipinski definition) is 2. The Labute approximate surface area is 97.2 Å². The van der Waals surface area contributed by atoms with E-state index in [1.807, 2.05) is 0 Å². The fourth-order valence-corrected chi connectivity index (χ4v) is 2.59. The fourth-order valence-electron chi connectivity index (χ4n) is 1.76. The Hall–Kier alpha value is -1.95. The zero-order valence-electron chi connectivity index (χ0n) is 8.48. The summed E-state index contributed by atoms with van der Waals surface area (Å²) >= 11 is 0. The van der Waals surface area contributed by atoms with Gasteiger partial charge in [-0.25, -0.2) is 0 Å². The summed E-state index contributed by atoms with van der Waals surface area (Å²) in [6.07, 6.45) is 0.923. The highest BCUT2D eigenvalue weighted by atomic mass is 32.2. The van der Waals surface area contributed by atoms with Gasteiger partial charge in [0.1, 0.15) is 5.25 Å². The largest absolute Gasteiger partial charge is 0.502 e. The molecule has 1 aromatic carbocycles. The van der Waals surface area contributed by atoms with Crippen LogP contribution in [0.3, 0.4) is 0 Å². The van der Waals surface area contributed by atoms with Gasteiger partial charge in [0.05, 0.1) is 5.56 Å². The predicted octanol–water partition coefficient (Wildman–Crippen LogP) is 1.09. The molecule has 1 aliphatic carbocycles. The number of nitrogens with zero attached hydrogens (tertiary/aromatic N) is 2. The van der Waals surface area contributed by atoms with Gasteiger partial charge in [-0.05, 0) is 17.7 Å². The molecule has 0 amide bonds.